The molecule has 1 aromatic heterocycles. The van der Waals surface area contributed by atoms with Crippen molar-refractivity contribution >= 4 is 11.7 Å². The number of aryl methyl sites for hydroxylation is 2. The summed E-state index contributed by atoms with van der Waals surface area (Å²) in [5.74, 6) is 0.255. The van der Waals surface area contributed by atoms with Crippen molar-refractivity contribution in [2.45, 2.75) is 38.5 Å². The van der Waals surface area contributed by atoms with E-state index >= 15 is 0 Å². The van der Waals surface area contributed by atoms with Gasteiger partial charge in [-0.05, 0) is 50.2 Å². The van der Waals surface area contributed by atoms with Gasteiger partial charge >= 0.3 is 0 Å². The van der Waals surface area contributed by atoms with E-state index in [-0.39, 0.29) is 5.91 Å². The van der Waals surface area contributed by atoms with Crippen LogP contribution in [0.3, 0.4) is 0 Å². The van der Waals surface area contributed by atoms with Crippen molar-refractivity contribution < 1.29 is 9.53 Å². The molecule has 3 N–H and O–H groups in total. The number of carbonyl (C=O) groups excluding carboxylic acids is 1. The second kappa shape index (κ2) is 6.55. The molecule has 0 aromatic carbocycles. The Balaban J connectivity index is 1.82. The average Bonchev–Trinajstić information content (AvgIpc) is 2.59. The van der Waals surface area contributed by atoms with E-state index in [2.05, 4.69) is 16.4 Å². The maximum atomic E-state index is 11.9. The van der Waals surface area contributed by atoms with Crippen molar-refractivity contribution in [3.63, 3.8) is 0 Å². The Kier molecular flexibility index (Phi) is 4.49. The summed E-state index contributed by atoms with van der Waals surface area (Å²) < 4.78 is 5.34. The topological polar surface area (TPSA) is 101 Å². The van der Waals surface area contributed by atoms with Gasteiger partial charge in [0.15, 0.2) is 0 Å². The minimum absolute atomic E-state index is 0.315. The van der Waals surface area contributed by atoms with Crippen molar-refractivity contribution in [1.29, 1.82) is 5.26 Å². The molecule has 0 saturated carbocycles. The number of nitrogens with two attached hydrogens (primary N) is 1. The van der Waals surface area contributed by atoms with Crippen molar-refractivity contribution in [2.24, 2.45) is 11.1 Å². The summed E-state index contributed by atoms with van der Waals surface area (Å²) in [6.07, 6.45) is 5.42. The average molecular weight is 314 g/mol. The third kappa shape index (κ3) is 3.15. The number of fused-ring (bicyclic) bond motifs is 1. The highest BCUT2D eigenvalue weighted by Crippen LogP contribution is 2.31. The minimum Gasteiger partial charge on any atom is -0.381 e. The molecular weight excluding hydrogens is 292 g/mol. The van der Waals surface area contributed by atoms with E-state index < -0.39 is 5.41 Å². The van der Waals surface area contributed by atoms with Crippen LogP contribution in [0.4, 0.5) is 5.82 Å². The highest BCUT2D eigenvalue weighted by Gasteiger charge is 2.38. The first-order chi connectivity index (χ1) is 11.1. The first-order valence-electron chi connectivity index (χ1n) is 8.19. The molecule has 23 heavy (non-hydrogen) atoms. The molecule has 1 aliphatic heterocycles. The summed E-state index contributed by atoms with van der Waals surface area (Å²) in [6, 6.07) is 4.14. The fraction of sp³-hybridized carbons (Fsp3) is 0.588. The second-order valence-corrected chi connectivity index (χ2v) is 6.42. The zero-order valence-corrected chi connectivity index (χ0v) is 13.2. The van der Waals surface area contributed by atoms with Crippen LogP contribution in [0.1, 0.15) is 42.5 Å². The summed E-state index contributed by atoms with van der Waals surface area (Å²) >= 11 is 0. The molecule has 1 aliphatic carbocycles. The highest BCUT2D eigenvalue weighted by atomic mass is 16.5. The minimum atomic E-state index is -0.622. The number of aromatic nitrogens is 1. The lowest BCUT2D eigenvalue weighted by Crippen LogP contribution is -2.46. The van der Waals surface area contributed by atoms with E-state index in [1.807, 2.05) is 6.07 Å². The van der Waals surface area contributed by atoms with Crippen LogP contribution in [0.5, 0.6) is 0 Å². The molecule has 122 valence electrons. The maximum Gasteiger partial charge on any atom is 0.225 e. The SMILES string of the molecule is N#Cc1cc2c(nc1NCC1(C(N)=O)CCOCC1)CCCC2. The molecule has 1 amide bonds. The van der Waals surface area contributed by atoms with Gasteiger partial charge in [-0.3, -0.25) is 4.79 Å². The molecule has 1 fully saturated rings. The van der Waals surface area contributed by atoms with E-state index in [1.165, 1.54) is 5.56 Å². The van der Waals surface area contributed by atoms with Gasteiger partial charge in [0, 0.05) is 25.5 Å². The largest absolute Gasteiger partial charge is 0.381 e. The van der Waals surface area contributed by atoms with E-state index in [1.54, 1.807) is 0 Å². The molecule has 1 aromatic rings. The zero-order valence-electron chi connectivity index (χ0n) is 13.2. The van der Waals surface area contributed by atoms with Crippen LogP contribution >= 0.6 is 0 Å². The summed E-state index contributed by atoms with van der Waals surface area (Å²) in [4.78, 5) is 16.6. The number of nitriles is 1. The molecule has 6 heteroatoms. The molecule has 0 atom stereocenters. The fourth-order valence-electron chi connectivity index (χ4n) is 3.38. The number of carbonyl (C=O) groups is 1. The van der Waals surface area contributed by atoms with Crippen LogP contribution in [-0.2, 0) is 22.4 Å². The fourth-order valence-corrected chi connectivity index (χ4v) is 3.38. The number of rotatable bonds is 4. The summed E-state index contributed by atoms with van der Waals surface area (Å²) in [7, 11) is 0. The molecule has 0 spiro atoms. The number of hydrogen-bond acceptors (Lipinski definition) is 5. The Morgan fingerprint density at radius 2 is 2.13 bits per heavy atom. The molecule has 2 aliphatic rings. The van der Waals surface area contributed by atoms with Gasteiger partial charge in [-0.25, -0.2) is 4.98 Å². The third-order valence-corrected chi connectivity index (χ3v) is 4.99. The lowest BCUT2D eigenvalue weighted by Gasteiger charge is -2.34. The van der Waals surface area contributed by atoms with Gasteiger partial charge in [-0.1, -0.05) is 0 Å². The summed E-state index contributed by atoms with van der Waals surface area (Å²) in [6.45, 7) is 1.47. The number of anilines is 1. The molecule has 0 radical (unpaired) electrons. The predicted octanol–water partition coefficient (Wildman–Crippen LogP) is 1.53. The zero-order chi connectivity index (χ0) is 16.3. The van der Waals surface area contributed by atoms with Crippen molar-refractivity contribution in [2.75, 3.05) is 25.1 Å². The monoisotopic (exact) mass is 314 g/mol. The maximum absolute atomic E-state index is 11.9. The van der Waals surface area contributed by atoms with Gasteiger partial charge in [0.25, 0.3) is 0 Å². The van der Waals surface area contributed by atoms with Crippen LogP contribution in [0.25, 0.3) is 0 Å². The first-order valence-corrected chi connectivity index (χ1v) is 8.19. The van der Waals surface area contributed by atoms with Gasteiger partial charge < -0.3 is 15.8 Å². The van der Waals surface area contributed by atoms with Crippen LogP contribution < -0.4 is 11.1 Å². The van der Waals surface area contributed by atoms with E-state index in [0.29, 0.717) is 44.0 Å². The lowest BCUT2D eigenvalue weighted by molar-refractivity contribution is -0.132. The second-order valence-electron chi connectivity index (χ2n) is 6.42. The smallest absolute Gasteiger partial charge is 0.225 e. The van der Waals surface area contributed by atoms with Gasteiger partial charge in [0.05, 0.1) is 11.0 Å². The van der Waals surface area contributed by atoms with Gasteiger partial charge in [0.2, 0.25) is 5.91 Å². The molecular formula is C17H22N4O2. The van der Waals surface area contributed by atoms with Gasteiger partial charge in [-0.15, -0.1) is 0 Å². The number of primary amides is 1. The summed E-state index contributed by atoms with van der Waals surface area (Å²) in [5, 5.41) is 12.6. The van der Waals surface area contributed by atoms with Gasteiger partial charge in [0.1, 0.15) is 11.9 Å². The van der Waals surface area contributed by atoms with Crippen molar-refractivity contribution in [3.8, 4) is 6.07 Å². The van der Waals surface area contributed by atoms with Crippen LogP contribution in [0, 0.1) is 16.7 Å². The predicted molar refractivity (Wildman–Crippen MR) is 85.8 cm³/mol. The molecule has 6 nitrogen and oxygen atoms in total. The highest BCUT2D eigenvalue weighted by molar-refractivity contribution is 5.81. The molecule has 0 unspecified atom stereocenters. The third-order valence-electron chi connectivity index (χ3n) is 4.99. The van der Waals surface area contributed by atoms with E-state index in [9.17, 15) is 10.1 Å². The lowest BCUT2D eigenvalue weighted by atomic mass is 9.79. The van der Waals surface area contributed by atoms with Crippen molar-refractivity contribution in [1.82, 2.24) is 4.98 Å². The Hall–Kier alpha value is -2.13. The Labute approximate surface area is 136 Å². The van der Waals surface area contributed by atoms with Crippen LogP contribution in [-0.4, -0.2) is 30.6 Å². The Morgan fingerprint density at radius 3 is 2.83 bits per heavy atom. The van der Waals surface area contributed by atoms with E-state index in [4.69, 9.17) is 10.5 Å². The summed E-state index contributed by atoms with van der Waals surface area (Å²) in [5.41, 5.74) is 7.79. The number of nitrogens with one attached hydrogen (secondary N) is 1. The number of nitrogens with zero attached hydrogens (tertiary/aromatic N) is 2. The first kappa shape index (κ1) is 15.8. The molecule has 2 heterocycles. The van der Waals surface area contributed by atoms with Crippen LogP contribution in [0.15, 0.2) is 6.07 Å². The molecule has 1 saturated heterocycles. The number of pyridine rings is 1. The number of hydrogen-bond donors (Lipinski definition) is 2. The molecule has 3 rings (SSSR count). The van der Waals surface area contributed by atoms with Crippen molar-refractivity contribution in [3.05, 3.63) is 22.9 Å². The normalized spacial score (nSPS) is 19.4. The van der Waals surface area contributed by atoms with E-state index in [0.717, 1.165) is 31.4 Å². The standard InChI is InChI=1S/C17H22N4O2/c18-10-13-9-12-3-1-2-4-14(12)21-15(13)20-11-17(16(19)22)5-7-23-8-6-17/h9H,1-8,11H2,(H2,19,22)(H,20,21). The Morgan fingerprint density at radius 1 is 1.39 bits per heavy atom. The number of amides is 1. The number of ether oxygens (including phenoxy) is 1. The van der Waals surface area contributed by atoms with Gasteiger partial charge in [-0.2, -0.15) is 5.26 Å². The Bertz CT molecular complexity index is 645. The quantitative estimate of drug-likeness (QED) is 0.877. The molecule has 0 bridgehead atoms. The van der Waals surface area contributed by atoms with Crippen LogP contribution in [0.2, 0.25) is 0 Å².